The molecule has 3 heterocycles. The maximum Gasteiger partial charge on any atom is 0.410 e. The summed E-state index contributed by atoms with van der Waals surface area (Å²) in [5, 5.41) is 9.70. The van der Waals surface area contributed by atoms with Crippen molar-refractivity contribution in [1.82, 2.24) is 9.78 Å². The summed E-state index contributed by atoms with van der Waals surface area (Å²) in [5.74, 6) is 0.944. The van der Waals surface area contributed by atoms with Crippen LogP contribution >= 0.6 is 0 Å². The van der Waals surface area contributed by atoms with Crippen LogP contribution in [0.5, 0.6) is 11.5 Å². The number of fused-ring (bicyclic) bond motifs is 2. The van der Waals surface area contributed by atoms with Gasteiger partial charge in [-0.25, -0.2) is 4.68 Å². The Bertz CT molecular complexity index is 939. The molecule has 1 aromatic carbocycles. The molecule has 5 rings (SSSR count). The SMILES string of the molecule is O=C(Nc1ccc2c(c1)OCO2)c1cc2n(n1)C(C(F)(F)F)CC(C1CC1)N2. The summed E-state index contributed by atoms with van der Waals surface area (Å²) in [6.07, 6.45) is -2.66. The van der Waals surface area contributed by atoms with Gasteiger partial charge in [0.2, 0.25) is 6.79 Å². The maximum atomic E-state index is 13.5. The van der Waals surface area contributed by atoms with Crippen molar-refractivity contribution in [3.63, 3.8) is 0 Å². The molecule has 28 heavy (non-hydrogen) atoms. The lowest BCUT2D eigenvalue weighted by atomic mass is 10.0. The van der Waals surface area contributed by atoms with Crippen molar-refractivity contribution in [1.29, 1.82) is 0 Å². The Kier molecular flexibility index (Phi) is 3.72. The number of nitrogens with one attached hydrogen (secondary N) is 2. The summed E-state index contributed by atoms with van der Waals surface area (Å²) in [5.41, 5.74) is 0.363. The first-order valence-corrected chi connectivity index (χ1v) is 9.02. The average molecular weight is 394 g/mol. The smallest absolute Gasteiger partial charge is 0.410 e. The van der Waals surface area contributed by atoms with E-state index in [1.54, 1.807) is 18.2 Å². The molecule has 10 heteroatoms. The number of hydrogen-bond acceptors (Lipinski definition) is 5. The summed E-state index contributed by atoms with van der Waals surface area (Å²) in [6, 6.07) is 4.26. The molecule has 2 unspecified atom stereocenters. The molecule has 0 saturated heterocycles. The summed E-state index contributed by atoms with van der Waals surface area (Å²) >= 11 is 0. The lowest BCUT2D eigenvalue weighted by Gasteiger charge is -2.33. The number of carbonyl (C=O) groups excluding carboxylic acids is 1. The molecular formula is C18H17F3N4O3. The number of hydrogen-bond donors (Lipinski definition) is 2. The predicted molar refractivity (Wildman–Crippen MR) is 92.6 cm³/mol. The minimum atomic E-state index is -4.43. The van der Waals surface area contributed by atoms with Gasteiger partial charge in [0.1, 0.15) is 5.82 Å². The van der Waals surface area contributed by atoms with E-state index in [0.717, 1.165) is 17.5 Å². The number of rotatable bonds is 3. The molecule has 0 spiro atoms. The number of alkyl halides is 3. The molecule has 1 fully saturated rings. The molecule has 1 saturated carbocycles. The number of halogens is 3. The molecule has 148 valence electrons. The molecule has 2 N–H and O–H groups in total. The summed E-state index contributed by atoms with van der Waals surface area (Å²) in [7, 11) is 0. The third-order valence-corrected chi connectivity index (χ3v) is 5.27. The van der Waals surface area contributed by atoms with Crippen LogP contribution in [-0.2, 0) is 0 Å². The largest absolute Gasteiger partial charge is 0.454 e. The minimum Gasteiger partial charge on any atom is -0.454 e. The van der Waals surface area contributed by atoms with Crippen LogP contribution in [0.4, 0.5) is 24.7 Å². The van der Waals surface area contributed by atoms with Gasteiger partial charge in [-0.15, -0.1) is 0 Å². The number of anilines is 2. The van der Waals surface area contributed by atoms with Crippen molar-refractivity contribution in [2.45, 2.75) is 37.5 Å². The quantitative estimate of drug-likeness (QED) is 0.833. The van der Waals surface area contributed by atoms with E-state index >= 15 is 0 Å². The number of ether oxygens (including phenoxy) is 2. The van der Waals surface area contributed by atoms with Crippen LogP contribution in [0.1, 0.15) is 35.8 Å². The van der Waals surface area contributed by atoms with Crippen LogP contribution in [0, 0.1) is 5.92 Å². The Balaban J connectivity index is 1.40. The Hall–Kier alpha value is -2.91. The summed E-state index contributed by atoms with van der Waals surface area (Å²) in [4.78, 5) is 12.5. The highest BCUT2D eigenvalue weighted by atomic mass is 19.4. The van der Waals surface area contributed by atoms with E-state index < -0.39 is 18.1 Å². The van der Waals surface area contributed by atoms with Crippen molar-refractivity contribution in [3.05, 3.63) is 30.0 Å². The predicted octanol–water partition coefficient (Wildman–Crippen LogP) is 3.56. The van der Waals surface area contributed by atoms with Gasteiger partial charge >= 0.3 is 6.18 Å². The Morgan fingerprint density at radius 1 is 1.21 bits per heavy atom. The fraction of sp³-hybridized carbons (Fsp3) is 0.444. The fourth-order valence-corrected chi connectivity index (χ4v) is 3.69. The van der Waals surface area contributed by atoms with E-state index in [4.69, 9.17) is 9.47 Å². The summed E-state index contributed by atoms with van der Waals surface area (Å²) in [6.45, 7) is 0.104. The topological polar surface area (TPSA) is 77.4 Å². The Morgan fingerprint density at radius 3 is 2.75 bits per heavy atom. The van der Waals surface area contributed by atoms with Gasteiger partial charge in [0.15, 0.2) is 23.2 Å². The molecule has 1 aliphatic carbocycles. The first-order chi connectivity index (χ1) is 13.4. The first kappa shape index (κ1) is 17.2. The number of carbonyl (C=O) groups is 1. The third kappa shape index (κ3) is 3.02. The van der Waals surface area contributed by atoms with Crippen molar-refractivity contribution >= 4 is 17.4 Å². The molecule has 2 atom stereocenters. The zero-order valence-electron chi connectivity index (χ0n) is 14.6. The van der Waals surface area contributed by atoms with Crippen LogP contribution in [0.25, 0.3) is 0 Å². The lowest BCUT2D eigenvalue weighted by molar-refractivity contribution is -0.174. The molecule has 1 aromatic heterocycles. The van der Waals surface area contributed by atoms with Gasteiger partial charge in [-0.2, -0.15) is 18.3 Å². The lowest BCUT2D eigenvalue weighted by Crippen LogP contribution is -2.40. The number of amides is 1. The molecule has 0 bridgehead atoms. The average Bonchev–Trinajstić information content (AvgIpc) is 3.23. The fourth-order valence-electron chi connectivity index (χ4n) is 3.69. The van der Waals surface area contributed by atoms with Crippen LogP contribution in [0.3, 0.4) is 0 Å². The Labute approximate surface area is 157 Å². The second-order valence-corrected chi connectivity index (χ2v) is 7.26. The van der Waals surface area contributed by atoms with E-state index in [-0.39, 0.29) is 36.7 Å². The van der Waals surface area contributed by atoms with Gasteiger partial charge in [0, 0.05) is 23.9 Å². The standard InChI is InChI=1S/C18H17F3N4O3/c19-18(20,21)15-6-11(9-1-2-9)23-16-7-12(24-25(15)16)17(26)22-10-3-4-13-14(5-10)28-8-27-13/h3-5,7,9,11,15,23H,1-2,6,8H2,(H,22,26). The van der Waals surface area contributed by atoms with E-state index in [2.05, 4.69) is 15.7 Å². The highest BCUT2D eigenvalue weighted by Gasteiger charge is 2.49. The maximum absolute atomic E-state index is 13.5. The zero-order chi connectivity index (χ0) is 19.5. The van der Waals surface area contributed by atoms with Crippen molar-refractivity contribution in [2.75, 3.05) is 17.4 Å². The number of benzene rings is 1. The second-order valence-electron chi connectivity index (χ2n) is 7.26. The van der Waals surface area contributed by atoms with Crippen molar-refractivity contribution in [2.24, 2.45) is 5.92 Å². The molecule has 0 radical (unpaired) electrons. The van der Waals surface area contributed by atoms with Crippen LogP contribution in [-0.4, -0.2) is 34.7 Å². The minimum absolute atomic E-state index is 0.0773. The normalized spacial score (nSPS) is 23.1. The van der Waals surface area contributed by atoms with Crippen molar-refractivity contribution in [3.8, 4) is 11.5 Å². The van der Waals surface area contributed by atoms with Crippen LogP contribution in [0.2, 0.25) is 0 Å². The van der Waals surface area contributed by atoms with E-state index in [0.29, 0.717) is 17.2 Å². The molecule has 3 aliphatic rings. The van der Waals surface area contributed by atoms with Gasteiger partial charge in [-0.05, 0) is 37.3 Å². The van der Waals surface area contributed by atoms with Gasteiger partial charge in [0.25, 0.3) is 5.91 Å². The third-order valence-electron chi connectivity index (χ3n) is 5.27. The van der Waals surface area contributed by atoms with Gasteiger partial charge in [-0.1, -0.05) is 0 Å². The zero-order valence-corrected chi connectivity index (χ0v) is 14.6. The molecular weight excluding hydrogens is 377 g/mol. The van der Waals surface area contributed by atoms with E-state index in [1.165, 1.54) is 6.07 Å². The molecule has 2 aromatic rings. The highest BCUT2D eigenvalue weighted by molar-refractivity contribution is 6.03. The molecule has 7 nitrogen and oxygen atoms in total. The van der Waals surface area contributed by atoms with Crippen molar-refractivity contribution < 1.29 is 27.4 Å². The van der Waals surface area contributed by atoms with Crippen LogP contribution in [0.15, 0.2) is 24.3 Å². The van der Waals surface area contributed by atoms with E-state index in [9.17, 15) is 18.0 Å². The highest BCUT2D eigenvalue weighted by Crippen LogP contribution is 2.45. The van der Waals surface area contributed by atoms with Crippen LogP contribution < -0.4 is 20.1 Å². The second kappa shape index (κ2) is 6.05. The number of nitrogens with zero attached hydrogens (tertiary/aromatic N) is 2. The first-order valence-electron chi connectivity index (χ1n) is 9.02. The van der Waals surface area contributed by atoms with Gasteiger partial charge in [0.05, 0.1) is 0 Å². The molecule has 1 amide bonds. The number of aromatic nitrogens is 2. The monoisotopic (exact) mass is 394 g/mol. The molecule has 2 aliphatic heterocycles. The Morgan fingerprint density at radius 2 is 2.00 bits per heavy atom. The van der Waals surface area contributed by atoms with Gasteiger partial charge < -0.3 is 20.1 Å². The van der Waals surface area contributed by atoms with Gasteiger partial charge in [-0.3, -0.25) is 4.79 Å². The summed E-state index contributed by atoms with van der Waals surface area (Å²) < 4.78 is 52.0. The van der Waals surface area contributed by atoms with E-state index in [1.807, 2.05) is 0 Å².